The molecule has 0 spiro atoms. The van der Waals surface area contributed by atoms with Crippen molar-refractivity contribution in [3.05, 3.63) is 266 Å². The first-order chi connectivity index (χ1) is 35.0. The smallest absolute Gasteiger partial charge is 0.115 e. The molecule has 0 radical (unpaired) electrons. The predicted molar refractivity (Wildman–Crippen MR) is 291 cm³/mol. The Labute approximate surface area is 412 Å². The third-order valence-electron chi connectivity index (χ3n) is 13.2. The monoisotopic (exact) mass is 911 g/mol. The van der Waals surface area contributed by atoms with Gasteiger partial charge in [-0.2, -0.15) is 0 Å². The molecule has 0 N–H and O–H groups in total. The summed E-state index contributed by atoms with van der Waals surface area (Å²) in [6.07, 6.45) is 16.6. The molecule has 0 amide bonds. The van der Waals surface area contributed by atoms with Crippen LogP contribution in [-0.2, 0) is 0 Å². The van der Waals surface area contributed by atoms with Crippen molar-refractivity contribution < 1.29 is 0 Å². The molecule has 0 aliphatic heterocycles. The Hall–Kier alpha value is -9.64. The van der Waals surface area contributed by atoms with Gasteiger partial charge >= 0.3 is 0 Å². The number of para-hydroxylation sites is 3. The van der Waals surface area contributed by atoms with Crippen molar-refractivity contribution in [1.82, 2.24) is 24.5 Å². The highest BCUT2D eigenvalue weighted by Crippen LogP contribution is 2.44. The molecule has 1 aliphatic carbocycles. The largest absolute Gasteiger partial charge is 0.310 e. The fourth-order valence-electron chi connectivity index (χ4n) is 9.92. The van der Waals surface area contributed by atoms with Gasteiger partial charge in [0.05, 0.1) is 16.7 Å². The van der Waals surface area contributed by atoms with Crippen LogP contribution in [0.1, 0.15) is 11.1 Å². The fraction of sp³-hybridized carbons (Fsp3) is 0.0312. The van der Waals surface area contributed by atoms with E-state index in [1.807, 2.05) is 36.9 Å². The first kappa shape index (κ1) is 42.7. The second kappa shape index (κ2) is 18.5. The van der Waals surface area contributed by atoms with Crippen LogP contribution in [0, 0.1) is 13.8 Å². The standard InChI is InChI=1S/C64H45N7/c1-44-31-46(50-38-65-42-66-39-50)23-27-59(44)48-33-49(60-28-24-47(32-45(60)2)51-40-67-43-68-41-51)35-58(34-48)71-63-29-25-56(69(52-15-7-3-8-16-52)53-17-9-4-10-18-53)36-61(63)62-37-57(26-30-64(62)71)70(54-19-11-5-12-20-54)55-21-13-6-14-22-55/h3-13,15-21,23-43H,1-2H3. The number of hydrogen-bond donors (Lipinski definition) is 0. The summed E-state index contributed by atoms with van der Waals surface area (Å²) < 4.78 is 2.44. The first-order valence-electron chi connectivity index (χ1n) is 23.6. The molecule has 8 aromatic carbocycles. The number of aromatic nitrogens is 5. The number of anilines is 5. The SMILES string of the molecule is Cc1cc(-c2cncnc2)ccc1-c1cc(-c2ccc(-c3cncnc3)cc2C)cc(-n2c3ccc(N(C4=C=C=CC=C4)c4ccccc4)cc3c3cc(N(c4ccccc4)c4ccccc4)ccc32)c1. The van der Waals surface area contributed by atoms with Gasteiger partial charge in [0.25, 0.3) is 0 Å². The number of rotatable bonds is 11. The third kappa shape index (κ3) is 8.20. The molecule has 11 aromatic rings. The van der Waals surface area contributed by atoms with Crippen LogP contribution >= 0.6 is 0 Å². The minimum absolute atomic E-state index is 0.904. The van der Waals surface area contributed by atoms with Crippen molar-refractivity contribution >= 4 is 50.2 Å². The lowest BCUT2D eigenvalue weighted by molar-refractivity contribution is 1.17. The third-order valence-corrected chi connectivity index (χ3v) is 13.2. The molecule has 0 bridgehead atoms. The molecule has 0 saturated carbocycles. The maximum Gasteiger partial charge on any atom is 0.115 e. The van der Waals surface area contributed by atoms with Crippen LogP contribution in [0.4, 0.5) is 28.4 Å². The summed E-state index contributed by atoms with van der Waals surface area (Å²) in [5.74, 6) is 0. The summed E-state index contributed by atoms with van der Waals surface area (Å²) in [5, 5.41) is 2.24. The van der Waals surface area contributed by atoms with E-state index in [2.05, 4.69) is 248 Å². The number of benzene rings is 8. The first-order valence-corrected chi connectivity index (χ1v) is 23.6. The Morgan fingerprint density at radius 2 is 0.873 bits per heavy atom. The molecule has 7 heteroatoms. The summed E-state index contributed by atoms with van der Waals surface area (Å²) >= 11 is 0. The van der Waals surface area contributed by atoms with E-state index in [1.165, 1.54) is 0 Å². The van der Waals surface area contributed by atoms with Crippen molar-refractivity contribution in [2.45, 2.75) is 13.8 Å². The van der Waals surface area contributed by atoms with Gasteiger partial charge in [-0.15, -0.1) is 0 Å². The Kier molecular flexibility index (Phi) is 11.1. The zero-order valence-corrected chi connectivity index (χ0v) is 39.1. The summed E-state index contributed by atoms with van der Waals surface area (Å²) in [4.78, 5) is 21.8. The minimum atomic E-state index is 0.904. The average molecular weight is 912 g/mol. The number of hydrogen-bond acceptors (Lipinski definition) is 6. The van der Waals surface area contributed by atoms with Gasteiger partial charge in [0.2, 0.25) is 0 Å². The lowest BCUT2D eigenvalue weighted by Gasteiger charge is -2.26. The summed E-state index contributed by atoms with van der Waals surface area (Å²) in [5.41, 5.74) is 26.9. The van der Waals surface area contributed by atoms with Gasteiger partial charge < -0.3 is 14.4 Å². The van der Waals surface area contributed by atoms with Gasteiger partial charge in [-0.1, -0.05) is 103 Å². The number of nitrogens with zero attached hydrogens (tertiary/aromatic N) is 7. The van der Waals surface area contributed by atoms with E-state index >= 15 is 0 Å². The Bertz CT molecular complexity index is 3760. The lowest BCUT2D eigenvalue weighted by Crippen LogP contribution is -2.14. The van der Waals surface area contributed by atoms with Crippen LogP contribution < -0.4 is 9.80 Å². The Morgan fingerprint density at radius 1 is 0.408 bits per heavy atom. The van der Waals surface area contributed by atoms with Crippen LogP contribution in [-0.4, -0.2) is 24.5 Å². The van der Waals surface area contributed by atoms with Crippen molar-refractivity contribution in [1.29, 1.82) is 0 Å². The van der Waals surface area contributed by atoms with Crippen LogP contribution in [0.25, 0.3) is 72.0 Å². The van der Waals surface area contributed by atoms with Crippen molar-refractivity contribution in [3.8, 4) is 50.2 Å². The molecule has 7 nitrogen and oxygen atoms in total. The highest BCUT2D eigenvalue weighted by atomic mass is 15.2. The Morgan fingerprint density at radius 3 is 1.32 bits per heavy atom. The maximum absolute atomic E-state index is 4.30. The molecule has 0 fully saturated rings. The van der Waals surface area contributed by atoms with Gasteiger partial charge in [0.15, 0.2) is 0 Å². The topological polar surface area (TPSA) is 63.0 Å². The molecular weight excluding hydrogens is 867 g/mol. The molecule has 1 aliphatic rings. The van der Waals surface area contributed by atoms with Crippen molar-refractivity contribution in [3.63, 3.8) is 0 Å². The fourth-order valence-corrected chi connectivity index (χ4v) is 9.92. The number of aryl methyl sites for hydroxylation is 2. The number of fused-ring (bicyclic) bond motifs is 3. The van der Waals surface area contributed by atoms with E-state index in [-0.39, 0.29) is 0 Å². The van der Waals surface area contributed by atoms with Gasteiger partial charge in [0, 0.05) is 80.8 Å². The summed E-state index contributed by atoms with van der Waals surface area (Å²) in [6, 6.07) is 65.7. The second-order valence-electron chi connectivity index (χ2n) is 17.7. The maximum atomic E-state index is 4.30. The molecule has 3 aromatic heterocycles. The molecular formula is C64H45N7. The summed E-state index contributed by atoms with van der Waals surface area (Å²) in [7, 11) is 0. The quantitative estimate of drug-likeness (QED) is 0.121. The lowest BCUT2D eigenvalue weighted by atomic mass is 9.91. The van der Waals surface area contributed by atoms with Crippen LogP contribution in [0.5, 0.6) is 0 Å². The van der Waals surface area contributed by atoms with E-state index < -0.39 is 0 Å². The molecule has 0 unspecified atom stereocenters. The van der Waals surface area contributed by atoms with Crippen molar-refractivity contribution in [2.75, 3.05) is 9.80 Å². The molecule has 3 heterocycles. The zero-order chi connectivity index (χ0) is 47.7. The normalized spacial score (nSPS) is 11.8. The average Bonchev–Trinajstić information content (AvgIpc) is 3.75. The molecule has 12 rings (SSSR count). The van der Waals surface area contributed by atoms with Crippen LogP contribution in [0.2, 0.25) is 0 Å². The van der Waals surface area contributed by atoms with E-state index in [1.54, 1.807) is 12.7 Å². The second-order valence-corrected chi connectivity index (χ2v) is 17.7. The van der Waals surface area contributed by atoms with Gasteiger partial charge in [-0.25, -0.2) is 19.9 Å². The van der Waals surface area contributed by atoms with Crippen LogP contribution in [0.3, 0.4) is 0 Å². The predicted octanol–water partition coefficient (Wildman–Crippen LogP) is 16.0. The van der Waals surface area contributed by atoms with Gasteiger partial charge in [-0.05, 0) is 167 Å². The highest BCUT2D eigenvalue weighted by molar-refractivity contribution is 6.12. The Balaban J connectivity index is 1.11. The number of allylic oxidation sites excluding steroid dienone is 3. The van der Waals surface area contributed by atoms with E-state index in [4.69, 9.17) is 0 Å². The molecule has 0 saturated heterocycles. The van der Waals surface area contributed by atoms with E-state index in [9.17, 15) is 0 Å². The summed E-state index contributed by atoms with van der Waals surface area (Å²) in [6.45, 7) is 4.37. The van der Waals surface area contributed by atoms with Gasteiger partial charge in [-0.3, -0.25) is 0 Å². The van der Waals surface area contributed by atoms with Gasteiger partial charge in [0.1, 0.15) is 12.7 Å². The zero-order valence-electron chi connectivity index (χ0n) is 39.1. The van der Waals surface area contributed by atoms with E-state index in [0.29, 0.717) is 0 Å². The molecule has 0 atom stereocenters. The van der Waals surface area contributed by atoms with Crippen molar-refractivity contribution in [2.24, 2.45) is 0 Å². The minimum Gasteiger partial charge on any atom is -0.310 e. The van der Waals surface area contributed by atoms with E-state index in [0.717, 1.165) is 117 Å². The molecule has 336 valence electrons. The molecule has 71 heavy (non-hydrogen) atoms. The van der Waals surface area contributed by atoms with Crippen LogP contribution in [0.15, 0.2) is 255 Å². The highest BCUT2D eigenvalue weighted by Gasteiger charge is 2.22.